The number of likely N-dealkylation sites (N-methyl/N-ethyl adjacent to an activating group) is 1. The summed E-state index contributed by atoms with van der Waals surface area (Å²) in [7, 11) is 1.73. The molecule has 1 saturated heterocycles. The van der Waals surface area contributed by atoms with Crippen LogP contribution in [0, 0.1) is 13.8 Å². The third-order valence-corrected chi connectivity index (χ3v) is 5.87. The Bertz CT molecular complexity index is 1170. The molecule has 0 bridgehead atoms. The van der Waals surface area contributed by atoms with Crippen molar-refractivity contribution in [2.45, 2.75) is 20.5 Å². The number of hydrogen-bond donors (Lipinski definition) is 0. The lowest BCUT2D eigenvalue weighted by Gasteiger charge is -2.10. The Kier molecular flexibility index (Phi) is 6.18. The average Bonchev–Trinajstić information content (AvgIpc) is 3.02. The maximum atomic E-state index is 12.8. The van der Waals surface area contributed by atoms with Crippen LogP contribution in [-0.4, -0.2) is 28.0 Å². The first kappa shape index (κ1) is 20.9. The number of thioether (sulfide) groups is 1. The van der Waals surface area contributed by atoms with E-state index in [4.69, 9.17) is 4.74 Å². The number of aromatic nitrogens is 1. The minimum atomic E-state index is -0.0928. The molecule has 0 N–H and O–H groups in total. The molecule has 0 radical (unpaired) electrons. The molecule has 4 rings (SSSR count). The van der Waals surface area contributed by atoms with E-state index in [9.17, 15) is 4.79 Å². The number of aliphatic imine (C=N–C) groups is 1. The molecular formula is C25H23N3O2S. The molecule has 1 aromatic heterocycles. The molecule has 5 nitrogen and oxygen atoms in total. The van der Waals surface area contributed by atoms with Crippen molar-refractivity contribution in [3.05, 3.63) is 94.0 Å². The number of rotatable bonds is 5. The fourth-order valence-electron chi connectivity index (χ4n) is 3.06. The summed E-state index contributed by atoms with van der Waals surface area (Å²) in [6.07, 6.45) is 1.86. The zero-order chi connectivity index (χ0) is 21.8. The lowest BCUT2D eigenvalue weighted by atomic mass is 10.1. The summed E-state index contributed by atoms with van der Waals surface area (Å²) in [5.41, 5.74) is 4.05. The van der Waals surface area contributed by atoms with Crippen LogP contribution in [0.5, 0.6) is 5.75 Å². The number of carbonyl (C=O) groups excluding carboxylic acids is 1. The number of pyridine rings is 1. The number of nitrogens with zero attached hydrogens (tertiary/aromatic N) is 3. The van der Waals surface area contributed by atoms with Crippen LogP contribution in [0.2, 0.25) is 0 Å². The van der Waals surface area contributed by atoms with Crippen LogP contribution in [0.4, 0.5) is 5.82 Å². The molecule has 0 saturated carbocycles. The lowest BCUT2D eigenvalue weighted by molar-refractivity contribution is -0.121. The minimum absolute atomic E-state index is 0.0928. The Hall–Kier alpha value is -3.38. The highest BCUT2D eigenvalue weighted by Gasteiger charge is 2.30. The van der Waals surface area contributed by atoms with Gasteiger partial charge in [-0.15, -0.1) is 0 Å². The van der Waals surface area contributed by atoms with Crippen LogP contribution in [0.3, 0.4) is 0 Å². The van der Waals surface area contributed by atoms with Gasteiger partial charge in [0.1, 0.15) is 12.4 Å². The van der Waals surface area contributed by atoms with E-state index in [1.54, 1.807) is 11.9 Å². The van der Waals surface area contributed by atoms with E-state index < -0.39 is 0 Å². The average molecular weight is 430 g/mol. The fraction of sp³-hybridized carbons (Fsp3) is 0.160. The van der Waals surface area contributed by atoms with Crippen molar-refractivity contribution >= 4 is 34.7 Å². The van der Waals surface area contributed by atoms with E-state index in [0.717, 1.165) is 22.6 Å². The van der Waals surface area contributed by atoms with Gasteiger partial charge < -0.3 is 4.74 Å². The van der Waals surface area contributed by atoms with Crippen molar-refractivity contribution in [2.75, 3.05) is 7.05 Å². The summed E-state index contributed by atoms with van der Waals surface area (Å²) in [6, 6.07) is 21.6. The van der Waals surface area contributed by atoms with Crippen molar-refractivity contribution in [2.24, 2.45) is 4.99 Å². The second-order valence-corrected chi connectivity index (χ2v) is 8.33. The van der Waals surface area contributed by atoms with E-state index in [1.807, 2.05) is 55.5 Å². The van der Waals surface area contributed by atoms with Gasteiger partial charge in [-0.2, -0.15) is 0 Å². The SMILES string of the molecule is Cc1ccc(COc2ccccc2/C=C2\S/C(=N/c3cccc(C)n3)N(C)C2=O)cc1. The van der Waals surface area contributed by atoms with E-state index in [-0.39, 0.29) is 5.91 Å². The van der Waals surface area contributed by atoms with Gasteiger partial charge in [0.15, 0.2) is 11.0 Å². The van der Waals surface area contributed by atoms with Crippen LogP contribution in [0.1, 0.15) is 22.4 Å². The summed E-state index contributed by atoms with van der Waals surface area (Å²) in [5, 5.41) is 0.604. The molecule has 1 aliphatic rings. The summed E-state index contributed by atoms with van der Waals surface area (Å²) in [4.78, 5) is 23.9. The van der Waals surface area contributed by atoms with E-state index in [0.29, 0.717) is 22.5 Å². The second-order valence-electron chi connectivity index (χ2n) is 7.32. The summed E-state index contributed by atoms with van der Waals surface area (Å²) >= 11 is 1.34. The molecule has 0 atom stereocenters. The largest absolute Gasteiger partial charge is 0.488 e. The molecule has 0 aliphatic carbocycles. The summed E-state index contributed by atoms with van der Waals surface area (Å²) < 4.78 is 6.05. The Labute approximate surface area is 186 Å². The first-order chi connectivity index (χ1) is 15.0. The molecule has 31 heavy (non-hydrogen) atoms. The summed E-state index contributed by atoms with van der Waals surface area (Å²) in [5.74, 6) is 1.23. The molecule has 1 aliphatic heterocycles. The molecule has 1 amide bonds. The van der Waals surface area contributed by atoms with Gasteiger partial charge in [0, 0.05) is 18.3 Å². The highest BCUT2D eigenvalue weighted by molar-refractivity contribution is 8.18. The van der Waals surface area contributed by atoms with Crippen LogP contribution >= 0.6 is 11.8 Å². The Morgan fingerprint density at radius 1 is 1.03 bits per heavy atom. The Balaban J connectivity index is 1.55. The van der Waals surface area contributed by atoms with Crippen molar-refractivity contribution < 1.29 is 9.53 Å². The van der Waals surface area contributed by atoms with Gasteiger partial charge in [-0.3, -0.25) is 9.69 Å². The zero-order valence-electron chi connectivity index (χ0n) is 17.7. The zero-order valence-corrected chi connectivity index (χ0v) is 18.5. The van der Waals surface area contributed by atoms with E-state index in [1.165, 1.54) is 17.3 Å². The van der Waals surface area contributed by atoms with Gasteiger partial charge in [-0.25, -0.2) is 9.98 Å². The topological polar surface area (TPSA) is 54.8 Å². The third kappa shape index (κ3) is 5.03. The maximum Gasteiger partial charge on any atom is 0.266 e. The van der Waals surface area contributed by atoms with Crippen molar-refractivity contribution in [3.63, 3.8) is 0 Å². The molecule has 6 heteroatoms. The first-order valence-corrected chi connectivity index (χ1v) is 10.8. The van der Waals surface area contributed by atoms with Gasteiger partial charge in [0.05, 0.1) is 4.91 Å². The van der Waals surface area contributed by atoms with Gasteiger partial charge >= 0.3 is 0 Å². The second kappa shape index (κ2) is 9.18. The molecule has 0 unspecified atom stereocenters. The van der Waals surface area contributed by atoms with Crippen LogP contribution < -0.4 is 4.74 Å². The number of ether oxygens (including phenoxy) is 1. The van der Waals surface area contributed by atoms with E-state index in [2.05, 4.69) is 41.2 Å². The minimum Gasteiger partial charge on any atom is -0.488 e. The predicted molar refractivity (Wildman–Crippen MR) is 126 cm³/mol. The molecule has 156 valence electrons. The lowest BCUT2D eigenvalue weighted by Crippen LogP contribution is -2.23. The van der Waals surface area contributed by atoms with Crippen LogP contribution in [0.15, 0.2) is 76.6 Å². The maximum absolute atomic E-state index is 12.8. The molecule has 2 aromatic carbocycles. The van der Waals surface area contributed by atoms with Crippen molar-refractivity contribution in [1.29, 1.82) is 0 Å². The smallest absolute Gasteiger partial charge is 0.266 e. The highest BCUT2D eigenvalue weighted by Crippen LogP contribution is 2.34. The van der Waals surface area contributed by atoms with Crippen molar-refractivity contribution in [1.82, 2.24) is 9.88 Å². The number of amidine groups is 1. The third-order valence-electron chi connectivity index (χ3n) is 4.81. The van der Waals surface area contributed by atoms with E-state index >= 15 is 0 Å². The monoisotopic (exact) mass is 429 g/mol. The normalized spacial score (nSPS) is 16.4. The van der Waals surface area contributed by atoms with Gasteiger partial charge in [0.2, 0.25) is 0 Å². The highest BCUT2D eigenvalue weighted by atomic mass is 32.2. The standard InChI is InChI=1S/C25H23N3O2S/c1-17-11-13-19(14-12-17)16-30-21-9-5-4-8-20(21)15-22-24(29)28(3)25(31-22)27-23-10-6-7-18(2)26-23/h4-15H,16H2,1-3H3/b22-15-,27-25+. The molecule has 0 spiro atoms. The number of amides is 1. The number of carbonyl (C=O) groups is 1. The summed E-state index contributed by atoms with van der Waals surface area (Å²) in [6.45, 7) is 4.44. The van der Waals surface area contributed by atoms with Crippen molar-refractivity contribution in [3.8, 4) is 5.75 Å². The molecule has 3 aromatic rings. The molecular weight excluding hydrogens is 406 g/mol. The molecule has 2 heterocycles. The Morgan fingerprint density at radius 2 is 1.81 bits per heavy atom. The number of benzene rings is 2. The molecule has 1 fully saturated rings. The Morgan fingerprint density at radius 3 is 2.58 bits per heavy atom. The fourth-order valence-corrected chi connectivity index (χ4v) is 4.02. The quantitative estimate of drug-likeness (QED) is 0.502. The van der Waals surface area contributed by atoms with Crippen LogP contribution in [-0.2, 0) is 11.4 Å². The number of aryl methyl sites for hydroxylation is 2. The number of hydrogen-bond acceptors (Lipinski definition) is 5. The number of para-hydroxylation sites is 1. The van der Waals surface area contributed by atoms with Gasteiger partial charge in [-0.05, 0) is 55.4 Å². The predicted octanol–water partition coefficient (Wildman–Crippen LogP) is 5.51. The van der Waals surface area contributed by atoms with Gasteiger partial charge in [0.25, 0.3) is 5.91 Å². The van der Waals surface area contributed by atoms with Crippen LogP contribution in [0.25, 0.3) is 6.08 Å². The van der Waals surface area contributed by atoms with Gasteiger partial charge in [-0.1, -0.05) is 54.1 Å². The first-order valence-electron chi connectivity index (χ1n) is 9.97.